The molecule has 4 heteroatoms. The van der Waals surface area contributed by atoms with Gasteiger partial charge in [-0.05, 0) is 19.8 Å². The van der Waals surface area contributed by atoms with E-state index in [4.69, 9.17) is 0 Å². The smallest absolute Gasteiger partial charge is 0.217 e. The van der Waals surface area contributed by atoms with Crippen LogP contribution in [0.25, 0.3) is 0 Å². The fourth-order valence-electron chi connectivity index (χ4n) is 4.26. The molecule has 0 spiro atoms. The molecule has 1 heterocycles. The number of allylic oxidation sites excluding steroid dienone is 1. The van der Waals surface area contributed by atoms with Crippen molar-refractivity contribution in [1.29, 1.82) is 0 Å². The standard InChI is InChI=1S/C25H47N3O/c1-4-6-7-8-9-10-11-12-13-14-15-16-17-18-19-25-27-21-23-28(25,5-2)22-20-26-24(3)29/h17-18,21,23,25,27H,4-16,19-20,22H2,1-3H3/p+1/b18-17+. The number of hydrogen-bond acceptors (Lipinski definition) is 2. The molecular formula is C25H48N3O+. The van der Waals surface area contributed by atoms with Crippen LogP contribution in [0.5, 0.6) is 0 Å². The molecule has 2 N–H and O–H groups in total. The summed E-state index contributed by atoms with van der Waals surface area (Å²) in [5.41, 5.74) is 0. The summed E-state index contributed by atoms with van der Waals surface area (Å²) in [6, 6.07) is 0. The molecule has 0 aliphatic carbocycles. The van der Waals surface area contributed by atoms with E-state index in [9.17, 15) is 4.79 Å². The van der Waals surface area contributed by atoms with E-state index in [0.29, 0.717) is 6.17 Å². The third-order valence-electron chi connectivity index (χ3n) is 6.27. The van der Waals surface area contributed by atoms with Gasteiger partial charge >= 0.3 is 0 Å². The van der Waals surface area contributed by atoms with E-state index >= 15 is 0 Å². The van der Waals surface area contributed by atoms with Gasteiger partial charge in [0.05, 0.1) is 19.3 Å². The van der Waals surface area contributed by atoms with Crippen LogP contribution in [0.3, 0.4) is 0 Å². The molecule has 1 amide bonds. The number of nitrogens with zero attached hydrogens (tertiary/aromatic N) is 1. The Morgan fingerprint density at radius 1 is 0.966 bits per heavy atom. The predicted molar refractivity (Wildman–Crippen MR) is 125 cm³/mol. The maximum Gasteiger partial charge on any atom is 0.217 e. The first-order valence-electron chi connectivity index (χ1n) is 12.3. The van der Waals surface area contributed by atoms with E-state index in [-0.39, 0.29) is 5.91 Å². The number of nitrogens with one attached hydrogen (secondary N) is 2. The molecular weight excluding hydrogens is 358 g/mol. The van der Waals surface area contributed by atoms with E-state index in [1.807, 2.05) is 0 Å². The van der Waals surface area contributed by atoms with Crippen molar-refractivity contribution < 1.29 is 9.28 Å². The fraction of sp³-hybridized carbons (Fsp3) is 0.800. The topological polar surface area (TPSA) is 41.1 Å². The van der Waals surface area contributed by atoms with Crippen LogP contribution in [0.2, 0.25) is 0 Å². The average Bonchev–Trinajstić information content (AvgIpc) is 3.11. The molecule has 1 aliphatic rings. The van der Waals surface area contributed by atoms with Crippen molar-refractivity contribution in [3.8, 4) is 0 Å². The summed E-state index contributed by atoms with van der Waals surface area (Å²) in [4.78, 5) is 11.1. The van der Waals surface area contributed by atoms with Gasteiger partial charge in [-0.3, -0.25) is 9.28 Å². The van der Waals surface area contributed by atoms with Crippen molar-refractivity contribution in [2.45, 2.75) is 110 Å². The highest BCUT2D eigenvalue weighted by Gasteiger charge is 2.35. The predicted octanol–water partition coefficient (Wildman–Crippen LogP) is 6.01. The Labute approximate surface area is 180 Å². The zero-order chi connectivity index (χ0) is 21.2. The van der Waals surface area contributed by atoms with Gasteiger partial charge in [-0.25, -0.2) is 0 Å². The highest BCUT2D eigenvalue weighted by atomic mass is 16.1. The molecule has 0 saturated carbocycles. The zero-order valence-corrected chi connectivity index (χ0v) is 19.6. The number of carbonyl (C=O) groups is 1. The van der Waals surface area contributed by atoms with Crippen LogP contribution >= 0.6 is 0 Å². The van der Waals surface area contributed by atoms with Gasteiger partial charge in [0.1, 0.15) is 12.7 Å². The number of rotatable bonds is 18. The Bertz CT molecular complexity index is 475. The Morgan fingerprint density at radius 2 is 1.59 bits per heavy atom. The summed E-state index contributed by atoms with van der Waals surface area (Å²) < 4.78 is 0.906. The number of quaternary nitrogens is 1. The van der Waals surface area contributed by atoms with Gasteiger partial charge in [-0.15, -0.1) is 0 Å². The van der Waals surface area contributed by atoms with Crippen LogP contribution in [-0.2, 0) is 4.79 Å². The molecule has 168 valence electrons. The van der Waals surface area contributed by atoms with Crippen LogP contribution in [-0.4, -0.2) is 36.2 Å². The Morgan fingerprint density at radius 3 is 2.17 bits per heavy atom. The molecule has 0 aromatic heterocycles. The molecule has 1 aliphatic heterocycles. The minimum atomic E-state index is 0.0545. The fourth-order valence-corrected chi connectivity index (χ4v) is 4.26. The second kappa shape index (κ2) is 16.5. The Hall–Kier alpha value is -1.29. The lowest BCUT2D eigenvalue weighted by molar-refractivity contribution is -0.897. The molecule has 0 saturated heterocycles. The lowest BCUT2D eigenvalue weighted by atomic mass is 10.1. The third-order valence-corrected chi connectivity index (χ3v) is 6.27. The first-order chi connectivity index (χ1) is 14.1. The quantitative estimate of drug-likeness (QED) is 0.166. The first kappa shape index (κ1) is 25.7. The van der Waals surface area contributed by atoms with Gasteiger partial charge in [-0.1, -0.05) is 83.3 Å². The van der Waals surface area contributed by atoms with Crippen LogP contribution in [0, 0.1) is 0 Å². The lowest BCUT2D eigenvalue weighted by Gasteiger charge is -2.36. The molecule has 0 aromatic carbocycles. The van der Waals surface area contributed by atoms with Gasteiger partial charge in [0.15, 0.2) is 6.17 Å². The molecule has 1 rings (SSSR count). The second-order valence-corrected chi connectivity index (χ2v) is 8.66. The van der Waals surface area contributed by atoms with E-state index in [0.717, 1.165) is 30.5 Å². The van der Waals surface area contributed by atoms with Crippen molar-refractivity contribution >= 4 is 5.91 Å². The number of amides is 1. The minimum Gasteiger partial charge on any atom is -0.351 e. The van der Waals surface area contributed by atoms with Crippen molar-refractivity contribution in [2.75, 3.05) is 19.6 Å². The molecule has 2 atom stereocenters. The molecule has 2 unspecified atom stereocenters. The third kappa shape index (κ3) is 11.5. The van der Waals surface area contributed by atoms with Crippen LogP contribution in [0.15, 0.2) is 24.6 Å². The van der Waals surface area contributed by atoms with E-state index < -0.39 is 0 Å². The number of hydrogen-bond donors (Lipinski definition) is 2. The van der Waals surface area contributed by atoms with Crippen LogP contribution in [0.4, 0.5) is 0 Å². The first-order valence-corrected chi connectivity index (χ1v) is 12.3. The largest absolute Gasteiger partial charge is 0.351 e. The van der Waals surface area contributed by atoms with Crippen LogP contribution < -0.4 is 10.6 Å². The summed E-state index contributed by atoms with van der Waals surface area (Å²) in [6.45, 7) is 8.81. The maximum atomic E-state index is 11.1. The molecule has 4 nitrogen and oxygen atoms in total. The summed E-state index contributed by atoms with van der Waals surface area (Å²) in [5, 5.41) is 6.45. The van der Waals surface area contributed by atoms with Crippen molar-refractivity contribution in [2.24, 2.45) is 0 Å². The summed E-state index contributed by atoms with van der Waals surface area (Å²) in [5.74, 6) is 0.0545. The minimum absolute atomic E-state index is 0.0545. The second-order valence-electron chi connectivity index (χ2n) is 8.66. The SMILES string of the molecule is CCCCCCCCCCCCC/C=C/CC1NC=C[N+]1(CC)CCNC(C)=O. The van der Waals surface area contributed by atoms with Gasteiger partial charge in [0.25, 0.3) is 0 Å². The molecule has 0 fully saturated rings. The summed E-state index contributed by atoms with van der Waals surface area (Å²) in [7, 11) is 0. The van der Waals surface area contributed by atoms with Gasteiger partial charge in [-0.2, -0.15) is 0 Å². The van der Waals surface area contributed by atoms with Gasteiger partial charge in [0, 0.05) is 13.3 Å². The van der Waals surface area contributed by atoms with Crippen molar-refractivity contribution in [3.05, 3.63) is 24.6 Å². The number of likely N-dealkylation sites (N-methyl/N-ethyl adjacent to an activating group) is 1. The van der Waals surface area contributed by atoms with E-state index in [2.05, 4.69) is 49.0 Å². The highest BCUT2D eigenvalue weighted by molar-refractivity contribution is 5.72. The number of carbonyl (C=O) groups excluding carboxylic acids is 1. The van der Waals surface area contributed by atoms with E-state index in [1.165, 1.54) is 77.0 Å². The zero-order valence-electron chi connectivity index (χ0n) is 19.6. The normalized spacial score (nSPS) is 21.0. The van der Waals surface area contributed by atoms with Crippen molar-refractivity contribution in [3.63, 3.8) is 0 Å². The summed E-state index contributed by atoms with van der Waals surface area (Å²) >= 11 is 0. The average molecular weight is 407 g/mol. The molecule has 29 heavy (non-hydrogen) atoms. The number of unbranched alkanes of at least 4 members (excludes halogenated alkanes) is 11. The van der Waals surface area contributed by atoms with Gasteiger partial charge in [0.2, 0.25) is 5.91 Å². The van der Waals surface area contributed by atoms with E-state index in [1.54, 1.807) is 6.92 Å². The van der Waals surface area contributed by atoms with Crippen molar-refractivity contribution in [1.82, 2.24) is 10.6 Å². The molecule has 0 radical (unpaired) electrons. The Balaban J connectivity index is 2.06. The molecule has 0 bridgehead atoms. The monoisotopic (exact) mass is 406 g/mol. The maximum absolute atomic E-state index is 11.1. The highest BCUT2D eigenvalue weighted by Crippen LogP contribution is 2.21. The Kier molecular flexibility index (Phi) is 14.6. The molecule has 0 aromatic rings. The van der Waals surface area contributed by atoms with Gasteiger partial charge < -0.3 is 10.6 Å². The lowest BCUT2D eigenvalue weighted by Crippen LogP contribution is -2.55. The summed E-state index contributed by atoms with van der Waals surface area (Å²) in [6.07, 6.45) is 27.1. The van der Waals surface area contributed by atoms with Crippen LogP contribution in [0.1, 0.15) is 104 Å².